The predicted octanol–water partition coefficient (Wildman–Crippen LogP) is 4.74. The van der Waals surface area contributed by atoms with Crippen LogP contribution in [-0.4, -0.2) is 15.3 Å². The number of fused-ring (bicyclic) bond motifs is 1. The van der Waals surface area contributed by atoms with Gasteiger partial charge in [-0.25, -0.2) is 4.39 Å². The molecule has 0 unspecified atom stereocenters. The Labute approximate surface area is 132 Å². The number of nitrogens with zero attached hydrogens (tertiary/aromatic N) is 1. The van der Waals surface area contributed by atoms with E-state index in [0.717, 1.165) is 10.8 Å². The first-order valence-electron chi connectivity index (χ1n) is 7.25. The number of nitrogens with one attached hydrogen (secondary N) is 1. The van der Waals surface area contributed by atoms with Crippen LogP contribution in [0.15, 0.2) is 66.7 Å². The largest absolute Gasteiger partial charge is 0.507 e. The number of aromatic nitrogens is 2. The molecule has 4 heteroatoms. The normalized spacial score (nSPS) is 11.0. The maximum Gasteiger partial charge on any atom is 0.132 e. The summed E-state index contributed by atoms with van der Waals surface area (Å²) >= 11 is 0. The van der Waals surface area contributed by atoms with E-state index in [1.807, 2.05) is 36.4 Å². The van der Waals surface area contributed by atoms with Crippen LogP contribution in [0.4, 0.5) is 4.39 Å². The molecule has 4 aromatic rings. The zero-order valence-corrected chi connectivity index (χ0v) is 12.1. The van der Waals surface area contributed by atoms with Gasteiger partial charge in [0.05, 0.1) is 11.4 Å². The number of benzene rings is 3. The monoisotopic (exact) mass is 304 g/mol. The summed E-state index contributed by atoms with van der Waals surface area (Å²) in [6, 6.07) is 19.6. The highest BCUT2D eigenvalue weighted by Crippen LogP contribution is 2.36. The van der Waals surface area contributed by atoms with E-state index in [9.17, 15) is 9.50 Å². The zero-order chi connectivity index (χ0) is 15.8. The molecule has 3 nitrogen and oxygen atoms in total. The second-order valence-electron chi connectivity index (χ2n) is 5.33. The number of H-pyrrole nitrogens is 1. The summed E-state index contributed by atoms with van der Waals surface area (Å²) in [7, 11) is 0. The molecule has 0 saturated heterocycles. The van der Waals surface area contributed by atoms with E-state index in [-0.39, 0.29) is 11.6 Å². The number of aromatic amines is 1. The molecule has 0 bridgehead atoms. The summed E-state index contributed by atoms with van der Waals surface area (Å²) in [5.41, 5.74) is 2.21. The molecule has 4 rings (SSSR count). The fraction of sp³-hybridized carbons (Fsp3) is 0. The van der Waals surface area contributed by atoms with E-state index in [4.69, 9.17) is 0 Å². The molecule has 2 N–H and O–H groups in total. The number of halogens is 1. The van der Waals surface area contributed by atoms with Crippen LogP contribution < -0.4 is 0 Å². The molecule has 0 fully saturated rings. The Kier molecular flexibility index (Phi) is 3.08. The van der Waals surface area contributed by atoms with Gasteiger partial charge in [0, 0.05) is 16.5 Å². The smallest absolute Gasteiger partial charge is 0.132 e. The number of phenolic OH excluding ortho intramolecular Hbond substituents is 1. The number of rotatable bonds is 2. The van der Waals surface area contributed by atoms with Crippen LogP contribution >= 0.6 is 0 Å². The molecule has 1 aromatic heterocycles. The molecular formula is C19H13FN2O. The van der Waals surface area contributed by atoms with E-state index in [1.54, 1.807) is 24.3 Å². The standard InChI is InChI=1S/C19H13FN2O/c20-16-8-4-3-7-14(16)17-11-18(22-21-17)15-10-9-12-5-1-2-6-13(12)19(15)23/h1-11,23H,(H,21,22). The van der Waals surface area contributed by atoms with Crippen LogP contribution in [-0.2, 0) is 0 Å². The van der Waals surface area contributed by atoms with Crippen LogP contribution in [0.2, 0.25) is 0 Å². The summed E-state index contributed by atoms with van der Waals surface area (Å²) in [5.74, 6) is -0.139. The first kappa shape index (κ1) is 13.5. The number of hydrogen-bond donors (Lipinski definition) is 2. The molecule has 23 heavy (non-hydrogen) atoms. The van der Waals surface area contributed by atoms with Gasteiger partial charge in [0.25, 0.3) is 0 Å². The van der Waals surface area contributed by atoms with Gasteiger partial charge in [-0.15, -0.1) is 0 Å². The second-order valence-corrected chi connectivity index (χ2v) is 5.33. The quantitative estimate of drug-likeness (QED) is 0.562. The lowest BCUT2D eigenvalue weighted by Gasteiger charge is -2.05. The lowest BCUT2D eigenvalue weighted by molar-refractivity contribution is 0.483. The first-order valence-corrected chi connectivity index (χ1v) is 7.25. The van der Waals surface area contributed by atoms with Gasteiger partial charge < -0.3 is 5.11 Å². The van der Waals surface area contributed by atoms with Gasteiger partial charge in [-0.3, -0.25) is 5.10 Å². The summed E-state index contributed by atoms with van der Waals surface area (Å²) < 4.78 is 13.9. The summed E-state index contributed by atoms with van der Waals surface area (Å²) in [6.45, 7) is 0. The van der Waals surface area contributed by atoms with Crippen molar-refractivity contribution >= 4 is 10.8 Å². The Morgan fingerprint density at radius 2 is 1.65 bits per heavy atom. The highest BCUT2D eigenvalue weighted by atomic mass is 19.1. The molecule has 0 aliphatic heterocycles. The Morgan fingerprint density at radius 3 is 2.52 bits per heavy atom. The minimum atomic E-state index is -0.314. The van der Waals surface area contributed by atoms with Crippen LogP contribution in [0.3, 0.4) is 0 Å². The van der Waals surface area contributed by atoms with Gasteiger partial charge in [0.15, 0.2) is 0 Å². The highest BCUT2D eigenvalue weighted by Gasteiger charge is 2.13. The third-order valence-electron chi connectivity index (χ3n) is 3.92. The fourth-order valence-electron chi connectivity index (χ4n) is 2.74. The SMILES string of the molecule is Oc1c(-c2cc(-c3ccccc3F)[nH]n2)ccc2ccccc12. The third-order valence-corrected chi connectivity index (χ3v) is 3.92. The maximum absolute atomic E-state index is 13.9. The van der Waals surface area contributed by atoms with E-state index in [2.05, 4.69) is 10.2 Å². The molecule has 3 aromatic carbocycles. The van der Waals surface area contributed by atoms with Crippen molar-refractivity contribution in [3.8, 4) is 28.3 Å². The van der Waals surface area contributed by atoms with Crippen LogP contribution in [0.1, 0.15) is 0 Å². The minimum absolute atomic E-state index is 0.176. The lowest BCUT2D eigenvalue weighted by Crippen LogP contribution is -1.82. The van der Waals surface area contributed by atoms with Crippen LogP contribution in [0.25, 0.3) is 33.3 Å². The average molecular weight is 304 g/mol. The average Bonchev–Trinajstić information content (AvgIpc) is 3.05. The van der Waals surface area contributed by atoms with E-state index < -0.39 is 0 Å². The molecule has 0 aliphatic rings. The number of phenols is 1. The van der Waals surface area contributed by atoms with Gasteiger partial charge in [-0.1, -0.05) is 42.5 Å². The topological polar surface area (TPSA) is 48.9 Å². The van der Waals surface area contributed by atoms with E-state index >= 15 is 0 Å². The summed E-state index contributed by atoms with van der Waals surface area (Å²) in [5, 5.41) is 19.3. The lowest BCUT2D eigenvalue weighted by atomic mass is 10.0. The van der Waals surface area contributed by atoms with Gasteiger partial charge in [0.2, 0.25) is 0 Å². The number of hydrogen-bond acceptors (Lipinski definition) is 2. The first-order chi connectivity index (χ1) is 11.2. The summed E-state index contributed by atoms with van der Waals surface area (Å²) in [6.07, 6.45) is 0. The van der Waals surface area contributed by atoms with Crippen molar-refractivity contribution in [1.29, 1.82) is 0 Å². The van der Waals surface area contributed by atoms with Crippen molar-refractivity contribution in [1.82, 2.24) is 10.2 Å². The molecule has 1 heterocycles. The van der Waals surface area contributed by atoms with Gasteiger partial charge in [-0.05, 0) is 29.7 Å². The van der Waals surface area contributed by atoms with Gasteiger partial charge in [0.1, 0.15) is 11.6 Å². The van der Waals surface area contributed by atoms with Crippen LogP contribution in [0.5, 0.6) is 5.75 Å². The van der Waals surface area contributed by atoms with E-state index in [1.165, 1.54) is 6.07 Å². The Hall–Kier alpha value is -3.14. The van der Waals surface area contributed by atoms with Crippen molar-refractivity contribution < 1.29 is 9.50 Å². The highest BCUT2D eigenvalue weighted by molar-refractivity contribution is 5.94. The Bertz CT molecular complexity index is 1010. The van der Waals surface area contributed by atoms with E-state index in [0.29, 0.717) is 22.5 Å². The van der Waals surface area contributed by atoms with Crippen LogP contribution in [0, 0.1) is 5.82 Å². The van der Waals surface area contributed by atoms with Crippen molar-refractivity contribution in [2.75, 3.05) is 0 Å². The molecule has 0 amide bonds. The maximum atomic E-state index is 13.9. The third kappa shape index (κ3) is 2.25. The van der Waals surface area contributed by atoms with Crippen molar-refractivity contribution in [2.45, 2.75) is 0 Å². The second kappa shape index (κ2) is 5.25. The molecule has 112 valence electrons. The number of aromatic hydroxyl groups is 1. The fourth-order valence-corrected chi connectivity index (χ4v) is 2.74. The van der Waals surface area contributed by atoms with Crippen molar-refractivity contribution in [3.63, 3.8) is 0 Å². The molecular weight excluding hydrogens is 291 g/mol. The molecule has 0 saturated carbocycles. The van der Waals surface area contributed by atoms with Gasteiger partial charge in [-0.2, -0.15) is 5.10 Å². The minimum Gasteiger partial charge on any atom is -0.507 e. The van der Waals surface area contributed by atoms with Crippen molar-refractivity contribution in [3.05, 3.63) is 72.5 Å². The zero-order valence-electron chi connectivity index (χ0n) is 12.1. The predicted molar refractivity (Wildman–Crippen MR) is 88.6 cm³/mol. The summed E-state index contributed by atoms with van der Waals surface area (Å²) in [4.78, 5) is 0. The Balaban J connectivity index is 1.84. The van der Waals surface area contributed by atoms with Crippen molar-refractivity contribution in [2.24, 2.45) is 0 Å². The Morgan fingerprint density at radius 1 is 0.870 bits per heavy atom. The molecule has 0 aliphatic carbocycles. The molecule has 0 spiro atoms. The molecule has 0 radical (unpaired) electrons. The van der Waals surface area contributed by atoms with Gasteiger partial charge >= 0.3 is 0 Å². The molecule has 0 atom stereocenters.